The third-order valence-corrected chi connectivity index (χ3v) is 6.29. The SMILES string of the molecule is COCc1nnc2ccc(-c3[nH]c4ccc(C5CCNCC5)cc4c3C(C)C)cn12. The quantitative estimate of drug-likeness (QED) is 0.510. The van der Waals surface area contributed by atoms with Gasteiger partial charge in [-0.05, 0) is 73.2 Å². The molecule has 0 aliphatic carbocycles. The number of piperidine rings is 1. The van der Waals surface area contributed by atoms with Crippen LogP contribution in [0.2, 0.25) is 0 Å². The monoisotopic (exact) mass is 403 g/mol. The molecule has 0 radical (unpaired) electrons. The number of benzene rings is 1. The number of methoxy groups -OCH3 is 1. The number of pyridine rings is 1. The molecule has 1 aliphatic rings. The molecule has 0 spiro atoms. The number of aromatic amines is 1. The minimum atomic E-state index is 0.409. The molecule has 5 rings (SSSR count). The first-order valence-electron chi connectivity index (χ1n) is 10.8. The van der Waals surface area contributed by atoms with Gasteiger partial charge >= 0.3 is 0 Å². The number of H-pyrrole nitrogens is 1. The number of hydrogen-bond acceptors (Lipinski definition) is 4. The highest BCUT2D eigenvalue weighted by Crippen LogP contribution is 2.38. The van der Waals surface area contributed by atoms with Crippen LogP contribution in [0.15, 0.2) is 36.5 Å². The number of rotatable bonds is 5. The van der Waals surface area contributed by atoms with Crippen LogP contribution >= 0.6 is 0 Å². The van der Waals surface area contributed by atoms with Crippen molar-refractivity contribution < 1.29 is 4.74 Å². The van der Waals surface area contributed by atoms with Gasteiger partial charge in [-0.3, -0.25) is 4.40 Å². The summed E-state index contributed by atoms with van der Waals surface area (Å²) in [5.41, 5.74) is 7.20. The second-order valence-corrected chi connectivity index (χ2v) is 8.59. The fourth-order valence-electron chi connectivity index (χ4n) is 4.78. The first kappa shape index (κ1) is 19.3. The number of aromatic nitrogens is 4. The van der Waals surface area contributed by atoms with Crippen LogP contribution in [-0.2, 0) is 11.3 Å². The van der Waals surface area contributed by atoms with Gasteiger partial charge in [0.15, 0.2) is 11.5 Å². The van der Waals surface area contributed by atoms with E-state index in [0.717, 1.165) is 30.1 Å². The van der Waals surface area contributed by atoms with Gasteiger partial charge < -0.3 is 15.0 Å². The van der Waals surface area contributed by atoms with Gasteiger partial charge in [0, 0.05) is 29.8 Å². The molecule has 4 aromatic rings. The van der Waals surface area contributed by atoms with E-state index in [9.17, 15) is 0 Å². The Morgan fingerprint density at radius 1 is 1.13 bits per heavy atom. The van der Waals surface area contributed by atoms with Crippen molar-refractivity contribution >= 4 is 16.6 Å². The summed E-state index contributed by atoms with van der Waals surface area (Å²) < 4.78 is 7.31. The molecule has 6 nitrogen and oxygen atoms in total. The molecule has 0 amide bonds. The number of nitrogens with zero attached hydrogens (tertiary/aromatic N) is 3. The summed E-state index contributed by atoms with van der Waals surface area (Å²) in [4.78, 5) is 3.70. The number of hydrogen-bond donors (Lipinski definition) is 2. The first-order chi connectivity index (χ1) is 14.7. The summed E-state index contributed by atoms with van der Waals surface area (Å²) in [7, 11) is 1.68. The maximum absolute atomic E-state index is 5.29. The Hall–Kier alpha value is -2.70. The van der Waals surface area contributed by atoms with Crippen molar-refractivity contribution in [1.82, 2.24) is 24.9 Å². The van der Waals surface area contributed by atoms with Crippen LogP contribution in [0.5, 0.6) is 0 Å². The molecular formula is C24H29N5O. The fourth-order valence-corrected chi connectivity index (χ4v) is 4.78. The lowest BCUT2D eigenvalue weighted by Crippen LogP contribution is -2.26. The van der Waals surface area contributed by atoms with E-state index in [4.69, 9.17) is 4.74 Å². The molecule has 6 heteroatoms. The maximum atomic E-state index is 5.29. The van der Waals surface area contributed by atoms with Crippen molar-refractivity contribution in [3.63, 3.8) is 0 Å². The number of ether oxygens (including phenoxy) is 1. The Kier molecular flexibility index (Phi) is 5.05. The van der Waals surface area contributed by atoms with Crippen LogP contribution < -0.4 is 5.32 Å². The minimum absolute atomic E-state index is 0.409. The van der Waals surface area contributed by atoms with Crippen molar-refractivity contribution in [2.45, 2.75) is 45.1 Å². The van der Waals surface area contributed by atoms with Gasteiger partial charge in [-0.1, -0.05) is 19.9 Å². The average Bonchev–Trinajstić information content (AvgIpc) is 3.35. The fraction of sp³-hybridized carbons (Fsp3) is 0.417. The summed E-state index contributed by atoms with van der Waals surface area (Å²) in [5, 5.41) is 13.3. The zero-order valence-electron chi connectivity index (χ0n) is 17.9. The molecular weight excluding hydrogens is 374 g/mol. The normalized spacial score (nSPS) is 15.6. The molecule has 1 fully saturated rings. The summed E-state index contributed by atoms with van der Waals surface area (Å²) in [6, 6.07) is 11.1. The lowest BCUT2D eigenvalue weighted by molar-refractivity contribution is 0.177. The Morgan fingerprint density at radius 2 is 1.97 bits per heavy atom. The largest absolute Gasteiger partial charge is 0.377 e. The van der Waals surface area contributed by atoms with Gasteiger partial charge in [0.2, 0.25) is 0 Å². The highest BCUT2D eigenvalue weighted by Gasteiger charge is 2.20. The summed E-state index contributed by atoms with van der Waals surface area (Å²) in [6.45, 7) is 7.21. The van der Waals surface area contributed by atoms with Gasteiger partial charge in [-0.25, -0.2) is 0 Å². The lowest BCUT2D eigenvalue weighted by Gasteiger charge is -2.23. The van der Waals surface area contributed by atoms with E-state index >= 15 is 0 Å². The van der Waals surface area contributed by atoms with Crippen molar-refractivity contribution in [3.8, 4) is 11.3 Å². The summed E-state index contributed by atoms with van der Waals surface area (Å²) >= 11 is 0. The summed E-state index contributed by atoms with van der Waals surface area (Å²) in [5.74, 6) is 1.87. The Morgan fingerprint density at radius 3 is 2.73 bits per heavy atom. The number of fused-ring (bicyclic) bond motifs is 2. The van der Waals surface area contributed by atoms with Crippen molar-refractivity contribution in [1.29, 1.82) is 0 Å². The predicted octanol–water partition coefficient (Wildman–Crippen LogP) is 4.61. The van der Waals surface area contributed by atoms with Gasteiger partial charge in [-0.2, -0.15) is 0 Å². The summed E-state index contributed by atoms with van der Waals surface area (Å²) in [6.07, 6.45) is 4.55. The molecule has 2 N–H and O–H groups in total. The van der Waals surface area contributed by atoms with E-state index in [2.05, 4.69) is 64.8 Å². The Balaban J connectivity index is 1.64. The molecule has 156 valence electrons. The van der Waals surface area contributed by atoms with Crippen molar-refractivity contribution in [2.75, 3.05) is 20.2 Å². The van der Waals surface area contributed by atoms with Crippen LogP contribution in [0.25, 0.3) is 27.8 Å². The second kappa shape index (κ2) is 7.85. The maximum Gasteiger partial charge on any atom is 0.163 e. The van der Waals surface area contributed by atoms with E-state index in [-0.39, 0.29) is 0 Å². The minimum Gasteiger partial charge on any atom is -0.377 e. The van der Waals surface area contributed by atoms with Crippen molar-refractivity contribution in [3.05, 3.63) is 53.5 Å². The third kappa shape index (κ3) is 3.30. The van der Waals surface area contributed by atoms with E-state index in [1.165, 1.54) is 40.6 Å². The van der Waals surface area contributed by atoms with E-state index in [0.29, 0.717) is 18.4 Å². The molecule has 1 aromatic carbocycles. The molecule has 0 unspecified atom stereocenters. The van der Waals surface area contributed by atoms with E-state index < -0.39 is 0 Å². The molecule has 4 heterocycles. The molecule has 3 aromatic heterocycles. The molecule has 1 aliphatic heterocycles. The third-order valence-electron chi connectivity index (χ3n) is 6.29. The topological polar surface area (TPSA) is 67.2 Å². The number of nitrogens with one attached hydrogen (secondary N) is 2. The molecule has 1 saturated heterocycles. The molecule has 30 heavy (non-hydrogen) atoms. The average molecular weight is 404 g/mol. The van der Waals surface area contributed by atoms with Gasteiger partial charge in [0.1, 0.15) is 6.61 Å². The van der Waals surface area contributed by atoms with Crippen LogP contribution in [0.3, 0.4) is 0 Å². The van der Waals surface area contributed by atoms with Gasteiger partial charge in [0.05, 0.1) is 5.69 Å². The van der Waals surface area contributed by atoms with Gasteiger partial charge in [-0.15, -0.1) is 10.2 Å². The zero-order chi connectivity index (χ0) is 20.7. The van der Waals surface area contributed by atoms with E-state index in [1.807, 2.05) is 10.5 Å². The van der Waals surface area contributed by atoms with Crippen LogP contribution in [0.4, 0.5) is 0 Å². The Labute approximate surface area is 176 Å². The first-order valence-corrected chi connectivity index (χ1v) is 10.8. The predicted molar refractivity (Wildman–Crippen MR) is 120 cm³/mol. The van der Waals surface area contributed by atoms with Crippen LogP contribution in [0.1, 0.15) is 55.5 Å². The second-order valence-electron chi connectivity index (χ2n) is 8.59. The van der Waals surface area contributed by atoms with Gasteiger partial charge in [0.25, 0.3) is 0 Å². The lowest BCUT2D eigenvalue weighted by atomic mass is 9.88. The zero-order valence-corrected chi connectivity index (χ0v) is 17.9. The van der Waals surface area contributed by atoms with Crippen LogP contribution in [-0.4, -0.2) is 39.8 Å². The molecule has 0 bridgehead atoms. The molecule has 0 saturated carbocycles. The van der Waals surface area contributed by atoms with Crippen LogP contribution in [0, 0.1) is 0 Å². The standard InChI is InChI=1S/C24H29N5O/c1-15(2)23-19-12-17(16-8-10-25-11-9-16)4-6-20(19)26-24(23)18-5-7-21-27-28-22(14-30-3)29(21)13-18/h4-7,12-13,15-16,25-26H,8-11,14H2,1-3H3. The highest BCUT2D eigenvalue weighted by atomic mass is 16.5. The molecule has 0 atom stereocenters. The Bertz CT molecular complexity index is 1180. The van der Waals surface area contributed by atoms with E-state index in [1.54, 1.807) is 7.11 Å². The highest BCUT2D eigenvalue weighted by molar-refractivity contribution is 5.92. The van der Waals surface area contributed by atoms with Crippen molar-refractivity contribution in [2.24, 2.45) is 0 Å². The smallest absolute Gasteiger partial charge is 0.163 e.